The molecule has 0 atom stereocenters. The van der Waals surface area contributed by atoms with E-state index in [1.165, 1.54) is 12.1 Å². The Hall–Kier alpha value is -3.26. The molecule has 1 saturated carbocycles. The summed E-state index contributed by atoms with van der Waals surface area (Å²) in [6.07, 6.45) is 5.15. The third kappa shape index (κ3) is 4.60. The first kappa shape index (κ1) is 19.1. The Morgan fingerprint density at radius 3 is 2.79 bits per heavy atom. The molecule has 2 heterocycles. The van der Waals surface area contributed by atoms with E-state index in [1.54, 1.807) is 36.7 Å². The molecule has 29 heavy (non-hydrogen) atoms. The highest BCUT2D eigenvalue weighted by Gasteiger charge is 2.32. The summed E-state index contributed by atoms with van der Waals surface area (Å²) in [5.74, 6) is 0.767. The lowest BCUT2D eigenvalue weighted by Gasteiger charge is -2.23. The van der Waals surface area contributed by atoms with Crippen molar-refractivity contribution in [2.24, 2.45) is 10.7 Å². The van der Waals surface area contributed by atoms with Gasteiger partial charge in [-0.3, -0.25) is 4.98 Å². The zero-order valence-electron chi connectivity index (χ0n) is 15.6. The van der Waals surface area contributed by atoms with E-state index in [1.807, 2.05) is 11.8 Å². The highest BCUT2D eigenvalue weighted by Crippen LogP contribution is 2.33. The fraction of sp³-hybridized carbons (Fsp3) is 0.200. The Balaban J connectivity index is 1.64. The number of pyridine rings is 1. The standard InChI is InChI=1S/C20H18ClFN6O/c1-12-9-18(29-15-3-2-8-24-11-15)26-20(25-12)27-19(23)28(13-4-5-13)14-6-7-17(22)16(21)10-14/h2-3,6-11,13H,4-5H2,1H3,(H2,23,25,26,27). The smallest absolute Gasteiger partial charge is 0.256 e. The molecule has 1 aliphatic rings. The normalized spacial score (nSPS) is 14.0. The van der Waals surface area contributed by atoms with Crippen LogP contribution in [0.1, 0.15) is 18.5 Å². The average Bonchev–Trinajstić information content (AvgIpc) is 3.50. The van der Waals surface area contributed by atoms with Crippen molar-refractivity contribution in [2.45, 2.75) is 25.8 Å². The first-order valence-corrected chi connectivity index (χ1v) is 9.39. The van der Waals surface area contributed by atoms with E-state index in [4.69, 9.17) is 22.1 Å². The van der Waals surface area contributed by atoms with E-state index >= 15 is 0 Å². The number of nitrogens with zero attached hydrogens (tertiary/aromatic N) is 5. The van der Waals surface area contributed by atoms with E-state index in [-0.39, 0.29) is 23.0 Å². The minimum absolute atomic E-state index is 0.0277. The first-order valence-electron chi connectivity index (χ1n) is 9.01. The Kier molecular flexibility index (Phi) is 5.26. The average molecular weight is 413 g/mol. The Morgan fingerprint density at radius 2 is 2.10 bits per heavy atom. The van der Waals surface area contributed by atoms with Crippen molar-refractivity contribution >= 4 is 29.2 Å². The largest absolute Gasteiger partial charge is 0.437 e. The van der Waals surface area contributed by atoms with Gasteiger partial charge in [-0.25, -0.2) is 9.37 Å². The number of nitrogens with two attached hydrogens (primary N) is 1. The number of rotatable bonds is 5. The number of anilines is 1. The van der Waals surface area contributed by atoms with Crippen LogP contribution < -0.4 is 15.4 Å². The van der Waals surface area contributed by atoms with Crippen molar-refractivity contribution in [1.29, 1.82) is 0 Å². The number of hydrogen-bond acceptors (Lipinski definition) is 5. The molecule has 0 saturated heterocycles. The molecule has 9 heteroatoms. The molecule has 0 unspecified atom stereocenters. The molecular weight excluding hydrogens is 395 g/mol. The van der Waals surface area contributed by atoms with Crippen LogP contribution in [0.5, 0.6) is 11.6 Å². The number of halogens is 2. The predicted molar refractivity (Wildman–Crippen MR) is 109 cm³/mol. The Labute approximate surface area is 172 Å². The molecule has 2 N–H and O–H groups in total. The second kappa shape index (κ2) is 8.00. The Morgan fingerprint density at radius 1 is 1.28 bits per heavy atom. The van der Waals surface area contributed by atoms with Gasteiger partial charge < -0.3 is 15.4 Å². The van der Waals surface area contributed by atoms with Crippen molar-refractivity contribution in [1.82, 2.24) is 15.0 Å². The SMILES string of the molecule is Cc1cc(Oc2cccnc2)nc(/N=C(\N)N(c2ccc(F)c(Cl)c2)C2CC2)n1. The highest BCUT2D eigenvalue weighted by molar-refractivity contribution is 6.31. The van der Waals surface area contributed by atoms with Gasteiger partial charge >= 0.3 is 0 Å². The number of aliphatic imine (C=N–C) groups is 1. The predicted octanol–water partition coefficient (Wildman–Crippen LogP) is 4.38. The molecule has 4 rings (SSSR count). The highest BCUT2D eigenvalue weighted by atomic mass is 35.5. The van der Waals surface area contributed by atoms with Gasteiger partial charge in [0, 0.05) is 29.7 Å². The van der Waals surface area contributed by atoms with Crippen molar-refractivity contribution in [3.63, 3.8) is 0 Å². The molecular formula is C20H18ClFN6O. The second-order valence-electron chi connectivity index (χ2n) is 6.61. The molecule has 0 bridgehead atoms. The van der Waals surface area contributed by atoms with E-state index in [0.29, 0.717) is 23.0 Å². The van der Waals surface area contributed by atoms with Gasteiger partial charge in [0.1, 0.15) is 11.6 Å². The number of aryl methyl sites for hydroxylation is 1. The Bertz CT molecular complexity index is 1060. The topological polar surface area (TPSA) is 89.5 Å². The van der Waals surface area contributed by atoms with Crippen LogP contribution in [0.2, 0.25) is 5.02 Å². The number of benzene rings is 1. The maximum absolute atomic E-state index is 13.5. The van der Waals surface area contributed by atoms with Crippen LogP contribution in [0.15, 0.2) is 53.8 Å². The lowest BCUT2D eigenvalue weighted by molar-refractivity contribution is 0.459. The molecule has 0 amide bonds. The van der Waals surface area contributed by atoms with Gasteiger partial charge in [-0.1, -0.05) is 11.6 Å². The van der Waals surface area contributed by atoms with Gasteiger partial charge in [0.25, 0.3) is 5.95 Å². The first-order chi connectivity index (χ1) is 14.0. The van der Waals surface area contributed by atoms with Crippen molar-refractivity contribution in [3.05, 3.63) is 65.3 Å². The van der Waals surface area contributed by atoms with E-state index in [2.05, 4.69) is 19.9 Å². The lowest BCUT2D eigenvalue weighted by atomic mass is 10.2. The molecule has 1 aliphatic carbocycles. The quantitative estimate of drug-likeness (QED) is 0.494. The van der Waals surface area contributed by atoms with Crippen LogP contribution in [-0.4, -0.2) is 27.0 Å². The fourth-order valence-electron chi connectivity index (χ4n) is 2.81. The van der Waals surface area contributed by atoms with Crippen LogP contribution >= 0.6 is 11.6 Å². The molecule has 2 aromatic heterocycles. The number of guanidine groups is 1. The molecule has 0 spiro atoms. The molecule has 1 aromatic carbocycles. The van der Waals surface area contributed by atoms with Crippen LogP contribution in [-0.2, 0) is 0 Å². The van der Waals surface area contributed by atoms with Crippen LogP contribution in [0, 0.1) is 12.7 Å². The number of ether oxygens (including phenoxy) is 1. The molecule has 1 fully saturated rings. The zero-order chi connectivity index (χ0) is 20.4. The van der Waals surface area contributed by atoms with Crippen LogP contribution in [0.3, 0.4) is 0 Å². The van der Waals surface area contributed by atoms with Gasteiger partial charge in [0.2, 0.25) is 11.8 Å². The lowest BCUT2D eigenvalue weighted by Crippen LogP contribution is -2.39. The fourth-order valence-corrected chi connectivity index (χ4v) is 2.98. The summed E-state index contributed by atoms with van der Waals surface area (Å²) < 4.78 is 19.3. The molecule has 0 radical (unpaired) electrons. The van der Waals surface area contributed by atoms with E-state index < -0.39 is 5.82 Å². The van der Waals surface area contributed by atoms with Crippen LogP contribution in [0.4, 0.5) is 16.0 Å². The van der Waals surface area contributed by atoms with Gasteiger partial charge in [-0.15, -0.1) is 0 Å². The molecule has 148 valence electrons. The molecule has 0 aliphatic heterocycles. The summed E-state index contributed by atoms with van der Waals surface area (Å²) in [7, 11) is 0. The minimum Gasteiger partial charge on any atom is -0.437 e. The molecule has 7 nitrogen and oxygen atoms in total. The van der Waals surface area contributed by atoms with Gasteiger partial charge in [0.15, 0.2) is 0 Å². The van der Waals surface area contributed by atoms with Gasteiger partial charge in [-0.2, -0.15) is 9.98 Å². The number of aromatic nitrogens is 3. The molecule has 3 aromatic rings. The third-order valence-corrected chi connectivity index (χ3v) is 4.52. The van der Waals surface area contributed by atoms with Gasteiger partial charge in [-0.05, 0) is 50.1 Å². The summed E-state index contributed by atoms with van der Waals surface area (Å²) in [5, 5.41) is 0.0277. The second-order valence-corrected chi connectivity index (χ2v) is 7.02. The van der Waals surface area contributed by atoms with E-state index in [0.717, 1.165) is 12.8 Å². The maximum Gasteiger partial charge on any atom is 0.256 e. The minimum atomic E-state index is -0.485. The third-order valence-electron chi connectivity index (χ3n) is 4.23. The summed E-state index contributed by atoms with van der Waals surface area (Å²) in [4.78, 5) is 18.8. The monoisotopic (exact) mass is 412 g/mol. The summed E-state index contributed by atoms with van der Waals surface area (Å²) in [6, 6.07) is 9.87. The number of hydrogen-bond donors (Lipinski definition) is 1. The van der Waals surface area contributed by atoms with Crippen molar-refractivity contribution in [2.75, 3.05) is 4.90 Å². The zero-order valence-corrected chi connectivity index (χ0v) is 16.3. The van der Waals surface area contributed by atoms with Crippen molar-refractivity contribution in [3.8, 4) is 11.6 Å². The van der Waals surface area contributed by atoms with Crippen molar-refractivity contribution < 1.29 is 9.13 Å². The summed E-state index contributed by atoms with van der Waals surface area (Å²) in [5.41, 5.74) is 7.61. The summed E-state index contributed by atoms with van der Waals surface area (Å²) in [6.45, 7) is 1.81. The van der Waals surface area contributed by atoms with E-state index in [9.17, 15) is 4.39 Å². The van der Waals surface area contributed by atoms with Crippen LogP contribution in [0.25, 0.3) is 0 Å². The maximum atomic E-state index is 13.5. The summed E-state index contributed by atoms with van der Waals surface area (Å²) >= 11 is 5.94. The van der Waals surface area contributed by atoms with Gasteiger partial charge in [0.05, 0.1) is 11.2 Å².